The molecule has 0 unspecified atom stereocenters. The number of thioether (sulfide) groups is 1. The summed E-state index contributed by atoms with van der Waals surface area (Å²) in [7, 11) is 1.61. The van der Waals surface area contributed by atoms with Gasteiger partial charge in [0.15, 0.2) is 0 Å². The van der Waals surface area contributed by atoms with Crippen molar-refractivity contribution in [2.24, 2.45) is 0 Å². The number of pyridine rings is 1. The van der Waals surface area contributed by atoms with Gasteiger partial charge >= 0.3 is 0 Å². The zero-order valence-electron chi connectivity index (χ0n) is 11.1. The molecule has 2 rings (SSSR count). The second-order valence-electron chi connectivity index (χ2n) is 3.91. The van der Waals surface area contributed by atoms with Crippen LogP contribution in [0.2, 0.25) is 0 Å². The number of anilines is 1. The first-order valence-corrected chi connectivity index (χ1v) is 8.11. The molecule has 0 aliphatic heterocycles. The van der Waals surface area contributed by atoms with Gasteiger partial charge in [0.2, 0.25) is 0 Å². The van der Waals surface area contributed by atoms with E-state index in [-0.39, 0.29) is 5.91 Å². The van der Waals surface area contributed by atoms with Gasteiger partial charge in [0.25, 0.3) is 5.91 Å². The molecule has 0 atom stereocenters. The van der Waals surface area contributed by atoms with E-state index in [1.54, 1.807) is 48.5 Å². The van der Waals surface area contributed by atoms with Gasteiger partial charge in [-0.2, -0.15) is 0 Å². The Morgan fingerprint density at radius 1 is 1.40 bits per heavy atom. The van der Waals surface area contributed by atoms with Crippen molar-refractivity contribution in [1.82, 2.24) is 15.3 Å². The maximum atomic E-state index is 11.7. The van der Waals surface area contributed by atoms with Crippen LogP contribution in [0.5, 0.6) is 0 Å². The van der Waals surface area contributed by atoms with E-state index in [0.717, 1.165) is 23.1 Å². The van der Waals surface area contributed by atoms with Gasteiger partial charge in [0.05, 0.1) is 5.56 Å². The third kappa shape index (κ3) is 4.21. The van der Waals surface area contributed by atoms with Gasteiger partial charge < -0.3 is 10.6 Å². The Balaban J connectivity index is 1.78. The Hall–Kier alpha value is -1.60. The molecule has 0 saturated carbocycles. The molecule has 2 aromatic heterocycles. The molecule has 0 fully saturated rings. The van der Waals surface area contributed by atoms with Crippen LogP contribution in [0.4, 0.5) is 5.82 Å². The van der Waals surface area contributed by atoms with Crippen molar-refractivity contribution in [3.8, 4) is 0 Å². The lowest BCUT2D eigenvalue weighted by Crippen LogP contribution is -2.20. The van der Waals surface area contributed by atoms with E-state index in [4.69, 9.17) is 0 Å². The molecule has 5 nitrogen and oxygen atoms in total. The summed E-state index contributed by atoms with van der Waals surface area (Å²) in [5.74, 6) is 1.49. The maximum Gasteiger partial charge on any atom is 0.254 e. The number of hydrogen-bond donors (Lipinski definition) is 2. The molecule has 2 N–H and O–H groups in total. The van der Waals surface area contributed by atoms with Gasteiger partial charge in [-0.25, -0.2) is 9.97 Å². The highest BCUT2D eigenvalue weighted by molar-refractivity contribution is 8.00. The molecular formula is C13H16N4OS2. The smallest absolute Gasteiger partial charge is 0.254 e. The fraction of sp³-hybridized carbons (Fsp3) is 0.308. The number of nitrogens with zero attached hydrogens (tertiary/aromatic N) is 2. The predicted molar refractivity (Wildman–Crippen MR) is 83.6 cm³/mol. The van der Waals surface area contributed by atoms with Gasteiger partial charge in [0.1, 0.15) is 10.2 Å². The first kappa shape index (κ1) is 14.8. The zero-order valence-corrected chi connectivity index (χ0v) is 12.8. The minimum atomic E-state index is -0.127. The van der Waals surface area contributed by atoms with Crippen LogP contribution in [0, 0.1) is 0 Å². The fourth-order valence-corrected chi connectivity index (χ4v) is 3.23. The minimum absolute atomic E-state index is 0.127. The summed E-state index contributed by atoms with van der Waals surface area (Å²) in [6, 6.07) is 3.52. The summed E-state index contributed by atoms with van der Waals surface area (Å²) in [6.45, 7) is 0.777. The molecular weight excluding hydrogens is 292 g/mol. The first-order chi connectivity index (χ1) is 9.81. The molecule has 2 aromatic rings. The Kier molecular flexibility index (Phi) is 5.82. The van der Waals surface area contributed by atoms with Crippen LogP contribution in [-0.4, -0.2) is 35.2 Å². The summed E-state index contributed by atoms with van der Waals surface area (Å²) in [5, 5.41) is 7.79. The van der Waals surface area contributed by atoms with Crippen molar-refractivity contribution in [3.05, 3.63) is 35.5 Å². The molecule has 2 heterocycles. The normalized spacial score (nSPS) is 10.2. The lowest BCUT2D eigenvalue weighted by molar-refractivity contribution is 0.0963. The highest BCUT2D eigenvalue weighted by Gasteiger charge is 2.09. The van der Waals surface area contributed by atoms with Crippen molar-refractivity contribution in [3.63, 3.8) is 0 Å². The highest BCUT2D eigenvalue weighted by atomic mass is 32.2. The molecule has 0 aromatic carbocycles. The van der Waals surface area contributed by atoms with Crippen molar-refractivity contribution in [2.75, 3.05) is 24.7 Å². The van der Waals surface area contributed by atoms with Crippen molar-refractivity contribution in [1.29, 1.82) is 0 Å². The number of hydrogen-bond acceptors (Lipinski definition) is 6. The Morgan fingerprint density at radius 3 is 3.05 bits per heavy atom. The quantitative estimate of drug-likeness (QED) is 0.607. The third-order valence-corrected chi connectivity index (χ3v) is 4.58. The second kappa shape index (κ2) is 7.86. The van der Waals surface area contributed by atoms with Crippen molar-refractivity contribution in [2.45, 2.75) is 10.8 Å². The Bertz CT molecular complexity index is 545. The van der Waals surface area contributed by atoms with Crippen molar-refractivity contribution >= 4 is 34.8 Å². The number of carbonyl (C=O) groups excluding carboxylic acids is 1. The van der Waals surface area contributed by atoms with E-state index in [1.807, 2.05) is 11.6 Å². The topological polar surface area (TPSA) is 66.9 Å². The van der Waals surface area contributed by atoms with Crippen molar-refractivity contribution < 1.29 is 4.79 Å². The summed E-state index contributed by atoms with van der Waals surface area (Å²) in [5.41, 5.74) is 0.572. The largest absolute Gasteiger partial charge is 0.369 e. The molecule has 7 heteroatoms. The highest BCUT2D eigenvalue weighted by Crippen LogP contribution is 2.20. The molecule has 0 aliphatic carbocycles. The number of thiazole rings is 1. The molecule has 20 heavy (non-hydrogen) atoms. The summed E-state index contributed by atoms with van der Waals surface area (Å²) in [6.07, 6.45) is 4.47. The number of carbonyl (C=O) groups is 1. The van der Waals surface area contributed by atoms with Gasteiger partial charge in [0, 0.05) is 37.1 Å². The van der Waals surface area contributed by atoms with E-state index >= 15 is 0 Å². The number of nitrogens with one attached hydrogen (secondary N) is 2. The molecule has 0 spiro atoms. The average molecular weight is 308 g/mol. The van der Waals surface area contributed by atoms with E-state index in [2.05, 4.69) is 20.6 Å². The summed E-state index contributed by atoms with van der Waals surface area (Å²) in [4.78, 5) is 20.1. The van der Waals surface area contributed by atoms with Crippen LogP contribution in [0.1, 0.15) is 16.8 Å². The van der Waals surface area contributed by atoms with E-state index in [9.17, 15) is 4.79 Å². The second-order valence-corrected chi connectivity index (χ2v) is 6.14. The Labute approximate surface area is 126 Å². The van der Waals surface area contributed by atoms with Gasteiger partial charge in [-0.3, -0.25) is 4.79 Å². The lowest BCUT2D eigenvalue weighted by atomic mass is 10.2. The maximum absolute atomic E-state index is 11.7. The fourth-order valence-electron chi connectivity index (χ4n) is 1.58. The first-order valence-electron chi connectivity index (χ1n) is 6.24. The molecule has 0 bridgehead atoms. The minimum Gasteiger partial charge on any atom is -0.369 e. The number of amides is 1. The van der Waals surface area contributed by atoms with Gasteiger partial charge in [-0.15, -0.1) is 11.3 Å². The van der Waals surface area contributed by atoms with Crippen LogP contribution in [0.25, 0.3) is 0 Å². The van der Waals surface area contributed by atoms with Crippen LogP contribution in [0.15, 0.2) is 34.2 Å². The molecule has 1 amide bonds. The average Bonchev–Trinajstić information content (AvgIpc) is 3.00. The van der Waals surface area contributed by atoms with Crippen LogP contribution < -0.4 is 10.6 Å². The SMILES string of the molecule is CNC(=O)c1cccnc1NCCCSc1nccs1. The molecule has 106 valence electrons. The summed E-state index contributed by atoms with van der Waals surface area (Å²) >= 11 is 3.40. The molecule has 0 radical (unpaired) electrons. The van der Waals surface area contributed by atoms with Gasteiger partial charge in [-0.05, 0) is 18.6 Å². The predicted octanol–water partition coefficient (Wildman–Crippen LogP) is 2.49. The third-order valence-electron chi connectivity index (χ3n) is 2.53. The van der Waals surface area contributed by atoms with E-state index < -0.39 is 0 Å². The summed E-state index contributed by atoms with van der Waals surface area (Å²) < 4.78 is 1.09. The van der Waals surface area contributed by atoms with E-state index in [0.29, 0.717) is 11.4 Å². The Morgan fingerprint density at radius 2 is 2.30 bits per heavy atom. The van der Waals surface area contributed by atoms with Crippen LogP contribution >= 0.6 is 23.1 Å². The lowest BCUT2D eigenvalue weighted by Gasteiger charge is -2.09. The molecule has 0 aliphatic rings. The number of rotatable bonds is 7. The monoisotopic (exact) mass is 308 g/mol. The zero-order chi connectivity index (χ0) is 14.2. The van der Waals surface area contributed by atoms with Crippen LogP contribution in [0.3, 0.4) is 0 Å². The van der Waals surface area contributed by atoms with E-state index in [1.165, 1.54) is 0 Å². The number of aromatic nitrogens is 2. The standard InChI is InChI=1S/C13H16N4OS2/c1-14-12(18)10-4-2-5-15-11(10)16-6-3-8-19-13-17-7-9-20-13/h2,4-5,7,9H,3,6,8H2,1H3,(H,14,18)(H,15,16). The molecule has 0 saturated heterocycles. The van der Waals surface area contributed by atoms with Crippen LogP contribution in [-0.2, 0) is 0 Å². The van der Waals surface area contributed by atoms with Gasteiger partial charge in [-0.1, -0.05) is 11.8 Å².